The molecule has 0 bridgehead atoms. The highest BCUT2D eigenvalue weighted by Crippen LogP contribution is 2.49. The van der Waals surface area contributed by atoms with Gasteiger partial charge in [0.15, 0.2) is 0 Å². The summed E-state index contributed by atoms with van der Waals surface area (Å²) in [5.74, 6) is 0. The zero-order chi connectivity index (χ0) is 19.4. The second kappa shape index (κ2) is 6.83. The summed E-state index contributed by atoms with van der Waals surface area (Å²) in [5.41, 5.74) is 8.44. The Kier molecular flexibility index (Phi) is 4.41. The second-order valence-electron chi connectivity index (χ2n) is 6.76. The van der Waals surface area contributed by atoms with Gasteiger partial charge in [-0.15, -0.1) is 0 Å². The fourth-order valence-corrected chi connectivity index (χ4v) is 4.59. The number of benzene rings is 4. The van der Waals surface area contributed by atoms with Gasteiger partial charge in [0.1, 0.15) is 0 Å². The van der Waals surface area contributed by atoms with Crippen LogP contribution in [0, 0.1) is 0 Å². The first-order chi connectivity index (χ1) is 13.5. The molecule has 0 aromatic heterocycles. The Hall–Kier alpha value is -1.96. The molecule has 0 nitrogen and oxygen atoms in total. The fourth-order valence-electron chi connectivity index (χ4n) is 3.90. The van der Waals surface area contributed by atoms with E-state index in [1.165, 1.54) is 0 Å². The van der Waals surface area contributed by atoms with Crippen molar-refractivity contribution < 1.29 is 0 Å². The van der Waals surface area contributed by atoms with Gasteiger partial charge in [-0.25, -0.2) is 0 Å². The largest absolute Gasteiger partial charge is 0.0843 e. The SMILES string of the molecule is Clc1ccc2c(c1)-c1cc(Cl)ccc1-c1ccc(Cl)cc1-c1cc(Cl)ccc1-2. The second-order valence-corrected chi connectivity index (χ2v) is 8.51. The molecule has 136 valence electrons. The molecule has 1 aliphatic rings. The summed E-state index contributed by atoms with van der Waals surface area (Å²) < 4.78 is 0. The molecule has 0 radical (unpaired) electrons. The van der Waals surface area contributed by atoms with Crippen molar-refractivity contribution in [2.24, 2.45) is 0 Å². The summed E-state index contributed by atoms with van der Waals surface area (Å²) in [6.07, 6.45) is 0. The monoisotopic (exact) mass is 440 g/mol. The van der Waals surface area contributed by atoms with Gasteiger partial charge in [0.05, 0.1) is 0 Å². The number of rotatable bonds is 0. The molecule has 5 rings (SSSR count). The smallest absolute Gasteiger partial charge is 0.0412 e. The minimum atomic E-state index is 0.678. The van der Waals surface area contributed by atoms with Crippen LogP contribution < -0.4 is 0 Å². The Morgan fingerprint density at radius 1 is 0.286 bits per heavy atom. The number of hydrogen-bond donors (Lipinski definition) is 0. The molecular weight excluding hydrogens is 430 g/mol. The van der Waals surface area contributed by atoms with Crippen molar-refractivity contribution in [2.75, 3.05) is 0 Å². The Labute approximate surface area is 183 Å². The fraction of sp³-hybridized carbons (Fsp3) is 0. The van der Waals surface area contributed by atoms with E-state index in [4.69, 9.17) is 46.4 Å². The zero-order valence-electron chi connectivity index (χ0n) is 14.4. The Morgan fingerprint density at radius 2 is 0.500 bits per heavy atom. The van der Waals surface area contributed by atoms with Crippen molar-refractivity contribution in [3.63, 3.8) is 0 Å². The molecule has 0 atom stereocenters. The van der Waals surface area contributed by atoms with E-state index in [0.717, 1.165) is 44.5 Å². The van der Waals surface area contributed by atoms with E-state index in [9.17, 15) is 0 Å². The van der Waals surface area contributed by atoms with Gasteiger partial charge >= 0.3 is 0 Å². The van der Waals surface area contributed by atoms with Crippen LogP contribution in [0.1, 0.15) is 0 Å². The number of fused-ring (bicyclic) bond motifs is 8. The maximum absolute atomic E-state index is 6.38. The summed E-state index contributed by atoms with van der Waals surface area (Å²) in [5, 5.41) is 2.71. The highest BCUT2D eigenvalue weighted by Gasteiger charge is 2.23. The molecule has 0 saturated heterocycles. The van der Waals surface area contributed by atoms with Crippen LogP contribution in [-0.2, 0) is 0 Å². The molecular formula is C24H12Cl4. The normalized spacial score (nSPS) is 11.6. The van der Waals surface area contributed by atoms with Gasteiger partial charge in [-0.1, -0.05) is 70.7 Å². The molecule has 4 heteroatoms. The maximum atomic E-state index is 6.38. The maximum Gasteiger partial charge on any atom is 0.0412 e. The van der Waals surface area contributed by atoms with E-state index in [1.807, 2.05) is 72.8 Å². The van der Waals surface area contributed by atoms with Crippen LogP contribution >= 0.6 is 46.4 Å². The molecule has 0 heterocycles. The summed E-state index contributed by atoms with van der Waals surface area (Å²) in [7, 11) is 0. The van der Waals surface area contributed by atoms with Crippen LogP contribution in [0.2, 0.25) is 20.1 Å². The van der Waals surface area contributed by atoms with Gasteiger partial charge in [0.25, 0.3) is 0 Å². The summed E-state index contributed by atoms with van der Waals surface area (Å²) >= 11 is 25.5. The van der Waals surface area contributed by atoms with Gasteiger partial charge < -0.3 is 0 Å². The molecule has 0 amide bonds. The van der Waals surface area contributed by atoms with Crippen molar-refractivity contribution in [3.05, 3.63) is 92.9 Å². The quantitative estimate of drug-likeness (QED) is 0.224. The molecule has 4 aromatic carbocycles. The highest BCUT2D eigenvalue weighted by molar-refractivity contribution is 6.33. The molecule has 0 aliphatic heterocycles. The third-order valence-corrected chi connectivity index (χ3v) is 6.03. The van der Waals surface area contributed by atoms with Gasteiger partial charge in [0.2, 0.25) is 0 Å². The van der Waals surface area contributed by atoms with E-state index in [1.54, 1.807) is 0 Å². The van der Waals surface area contributed by atoms with E-state index in [-0.39, 0.29) is 0 Å². The summed E-state index contributed by atoms with van der Waals surface area (Å²) in [6.45, 7) is 0. The zero-order valence-corrected chi connectivity index (χ0v) is 17.5. The van der Waals surface area contributed by atoms with Crippen LogP contribution in [0.3, 0.4) is 0 Å². The third-order valence-electron chi connectivity index (χ3n) is 5.09. The van der Waals surface area contributed by atoms with Gasteiger partial charge in [-0.2, -0.15) is 0 Å². The first kappa shape index (κ1) is 18.1. The van der Waals surface area contributed by atoms with Crippen molar-refractivity contribution in [1.82, 2.24) is 0 Å². The van der Waals surface area contributed by atoms with Crippen molar-refractivity contribution >= 4 is 46.4 Å². The lowest BCUT2D eigenvalue weighted by Gasteiger charge is -2.23. The first-order valence-corrected chi connectivity index (χ1v) is 10.2. The highest BCUT2D eigenvalue weighted by atomic mass is 35.5. The van der Waals surface area contributed by atoms with Crippen molar-refractivity contribution in [3.8, 4) is 44.5 Å². The number of halogens is 4. The Balaban J connectivity index is 2.01. The van der Waals surface area contributed by atoms with E-state index < -0.39 is 0 Å². The lowest BCUT2D eigenvalue weighted by Crippen LogP contribution is -1.97. The molecule has 0 fully saturated rings. The topological polar surface area (TPSA) is 0 Å². The molecule has 4 aromatic rings. The van der Waals surface area contributed by atoms with Gasteiger partial charge in [0, 0.05) is 20.1 Å². The van der Waals surface area contributed by atoms with Gasteiger partial charge in [-0.3, -0.25) is 0 Å². The summed E-state index contributed by atoms with van der Waals surface area (Å²) in [4.78, 5) is 0. The average molecular weight is 442 g/mol. The molecule has 0 spiro atoms. The van der Waals surface area contributed by atoms with E-state index in [0.29, 0.717) is 20.1 Å². The minimum Gasteiger partial charge on any atom is -0.0843 e. The molecule has 28 heavy (non-hydrogen) atoms. The Morgan fingerprint density at radius 3 is 0.714 bits per heavy atom. The van der Waals surface area contributed by atoms with Crippen LogP contribution in [0.4, 0.5) is 0 Å². The van der Waals surface area contributed by atoms with Gasteiger partial charge in [-0.05, 0) is 93.0 Å². The van der Waals surface area contributed by atoms with Crippen LogP contribution in [0.25, 0.3) is 44.5 Å². The van der Waals surface area contributed by atoms with Crippen LogP contribution in [-0.4, -0.2) is 0 Å². The van der Waals surface area contributed by atoms with Crippen molar-refractivity contribution in [2.45, 2.75) is 0 Å². The minimum absolute atomic E-state index is 0.678. The molecule has 0 N–H and O–H groups in total. The standard InChI is InChI=1S/C24H12Cl4/c25-13-1-5-17-18-6-2-14(26)10-22(18)24-12-16(28)4-8-20(24)19-7-3-15(27)11-23(19)21(17)9-13/h1-12H. The summed E-state index contributed by atoms with van der Waals surface area (Å²) in [6, 6.07) is 23.8. The lowest BCUT2D eigenvalue weighted by molar-refractivity contribution is 1.52. The lowest BCUT2D eigenvalue weighted by atomic mass is 9.81. The van der Waals surface area contributed by atoms with Crippen LogP contribution in [0.5, 0.6) is 0 Å². The van der Waals surface area contributed by atoms with E-state index in [2.05, 4.69) is 0 Å². The molecule has 0 saturated carbocycles. The van der Waals surface area contributed by atoms with Crippen molar-refractivity contribution in [1.29, 1.82) is 0 Å². The average Bonchev–Trinajstić information content (AvgIpc) is 2.67. The molecule has 0 unspecified atom stereocenters. The van der Waals surface area contributed by atoms with Crippen LogP contribution in [0.15, 0.2) is 72.8 Å². The third kappa shape index (κ3) is 2.93. The molecule has 1 aliphatic carbocycles. The van der Waals surface area contributed by atoms with E-state index >= 15 is 0 Å². The first-order valence-electron chi connectivity index (χ1n) is 8.71. The number of hydrogen-bond acceptors (Lipinski definition) is 0. The predicted molar refractivity (Wildman–Crippen MR) is 122 cm³/mol. The predicted octanol–water partition coefficient (Wildman–Crippen LogP) is 9.28. The Bertz CT molecular complexity index is 1060.